The second-order valence-corrected chi connectivity index (χ2v) is 9.06. The number of benzene rings is 3. The Labute approximate surface area is 202 Å². The van der Waals surface area contributed by atoms with Crippen LogP contribution in [-0.4, -0.2) is 49.1 Å². The number of hydrogen-bond donors (Lipinski definition) is 2. The first-order chi connectivity index (χ1) is 16.3. The van der Waals surface area contributed by atoms with Gasteiger partial charge in [0.2, 0.25) is 0 Å². The molecule has 0 aliphatic rings. The van der Waals surface area contributed by atoms with Gasteiger partial charge in [-0.1, -0.05) is 78.9 Å². The van der Waals surface area contributed by atoms with Gasteiger partial charge < -0.3 is 15.5 Å². The van der Waals surface area contributed by atoms with Crippen LogP contribution in [0.4, 0.5) is 10.5 Å². The number of carbonyl (C=O) groups excluding carboxylic acids is 1. The molecule has 5 heteroatoms. The van der Waals surface area contributed by atoms with Crippen molar-refractivity contribution in [3.63, 3.8) is 0 Å². The zero-order chi connectivity index (χ0) is 23.1. The van der Waals surface area contributed by atoms with Gasteiger partial charge >= 0.3 is 6.03 Å². The summed E-state index contributed by atoms with van der Waals surface area (Å²) in [6.07, 6.45) is 5.35. The molecule has 0 saturated heterocycles. The molecule has 2 amide bonds. The van der Waals surface area contributed by atoms with Crippen molar-refractivity contribution in [2.75, 3.05) is 43.5 Å². The van der Waals surface area contributed by atoms with Crippen molar-refractivity contribution in [3.8, 4) is 11.1 Å². The smallest absolute Gasteiger partial charge is 0.319 e. The summed E-state index contributed by atoms with van der Waals surface area (Å²) in [4.78, 5) is 15.0. The van der Waals surface area contributed by atoms with Crippen molar-refractivity contribution in [1.82, 2.24) is 10.2 Å². The summed E-state index contributed by atoms with van der Waals surface area (Å²) in [7, 11) is 0. The minimum Gasteiger partial charge on any atom is -0.338 e. The molecule has 3 rings (SSSR count). The molecule has 0 aliphatic heterocycles. The van der Waals surface area contributed by atoms with E-state index in [1.807, 2.05) is 54.2 Å². The third-order valence-corrected chi connectivity index (χ3v) is 6.28. The maximum Gasteiger partial charge on any atom is 0.319 e. The second kappa shape index (κ2) is 14.4. The van der Waals surface area contributed by atoms with Crippen molar-refractivity contribution < 1.29 is 4.79 Å². The Morgan fingerprint density at radius 1 is 0.818 bits per heavy atom. The fourth-order valence-corrected chi connectivity index (χ4v) is 4.25. The van der Waals surface area contributed by atoms with E-state index in [1.54, 1.807) is 0 Å². The summed E-state index contributed by atoms with van der Waals surface area (Å²) in [6, 6.07) is 28.5. The lowest BCUT2D eigenvalue weighted by Crippen LogP contribution is -2.34. The third kappa shape index (κ3) is 8.95. The normalized spacial score (nSPS) is 10.8. The van der Waals surface area contributed by atoms with E-state index >= 15 is 0 Å². The van der Waals surface area contributed by atoms with Crippen LogP contribution in [0.3, 0.4) is 0 Å². The number of rotatable bonds is 13. The van der Waals surface area contributed by atoms with E-state index in [-0.39, 0.29) is 6.03 Å². The average molecular weight is 462 g/mol. The largest absolute Gasteiger partial charge is 0.338 e. The van der Waals surface area contributed by atoms with E-state index in [4.69, 9.17) is 0 Å². The molecule has 33 heavy (non-hydrogen) atoms. The molecule has 0 fully saturated rings. The summed E-state index contributed by atoms with van der Waals surface area (Å²) in [5.41, 5.74) is 4.31. The first-order valence-corrected chi connectivity index (χ1v) is 13.1. The topological polar surface area (TPSA) is 44.4 Å². The Balaban J connectivity index is 1.44. The Hall–Kier alpha value is -2.76. The fraction of sp³-hybridized carbons (Fsp3) is 0.321. The number of thioether (sulfide) groups is 1. The number of anilines is 1. The van der Waals surface area contributed by atoms with E-state index in [2.05, 4.69) is 64.3 Å². The molecular weight excluding hydrogens is 426 g/mol. The first-order valence-electron chi connectivity index (χ1n) is 11.7. The highest BCUT2D eigenvalue weighted by Gasteiger charge is 2.09. The monoisotopic (exact) mass is 461 g/mol. The molecule has 3 aromatic carbocycles. The molecule has 0 radical (unpaired) electrons. The highest BCUT2D eigenvalue weighted by atomic mass is 32.2. The van der Waals surface area contributed by atoms with E-state index in [0.29, 0.717) is 6.54 Å². The van der Waals surface area contributed by atoms with Crippen LogP contribution < -0.4 is 10.6 Å². The van der Waals surface area contributed by atoms with Gasteiger partial charge in [-0.05, 0) is 61.6 Å². The number of nitrogens with one attached hydrogen (secondary N) is 2. The molecule has 3 aromatic rings. The molecule has 4 nitrogen and oxygen atoms in total. The van der Waals surface area contributed by atoms with Gasteiger partial charge in [-0.15, -0.1) is 0 Å². The molecule has 174 valence electrons. The van der Waals surface area contributed by atoms with Crippen LogP contribution in [0.5, 0.6) is 0 Å². The summed E-state index contributed by atoms with van der Waals surface area (Å²) >= 11 is 1.90. The van der Waals surface area contributed by atoms with E-state index < -0.39 is 0 Å². The van der Waals surface area contributed by atoms with Crippen LogP contribution in [0.2, 0.25) is 0 Å². The number of para-hydroxylation sites is 1. The number of urea groups is 1. The minimum absolute atomic E-state index is 0.156. The van der Waals surface area contributed by atoms with E-state index in [9.17, 15) is 4.79 Å². The molecule has 0 unspecified atom stereocenters. The number of hydrogen-bond acceptors (Lipinski definition) is 3. The van der Waals surface area contributed by atoms with Crippen LogP contribution in [0.15, 0.2) is 84.9 Å². The third-order valence-electron chi connectivity index (χ3n) is 5.58. The van der Waals surface area contributed by atoms with Gasteiger partial charge in [-0.3, -0.25) is 0 Å². The molecule has 0 atom stereocenters. The van der Waals surface area contributed by atoms with E-state index in [1.165, 1.54) is 17.7 Å². The quantitative estimate of drug-likeness (QED) is 0.300. The molecule has 0 aromatic heterocycles. The van der Waals surface area contributed by atoms with Gasteiger partial charge in [-0.25, -0.2) is 4.79 Å². The summed E-state index contributed by atoms with van der Waals surface area (Å²) in [5.74, 6) is 1.18. The van der Waals surface area contributed by atoms with Crippen LogP contribution in [0, 0.1) is 0 Å². The van der Waals surface area contributed by atoms with Gasteiger partial charge in [0, 0.05) is 18.7 Å². The Morgan fingerprint density at radius 2 is 1.48 bits per heavy atom. The minimum atomic E-state index is -0.156. The maximum absolute atomic E-state index is 12.5. The van der Waals surface area contributed by atoms with Crippen molar-refractivity contribution >= 4 is 23.5 Å². The molecule has 0 heterocycles. The molecule has 0 saturated carbocycles. The van der Waals surface area contributed by atoms with Gasteiger partial charge in [0.05, 0.1) is 5.69 Å². The number of nitrogens with zero attached hydrogens (tertiary/aromatic N) is 1. The summed E-state index contributed by atoms with van der Waals surface area (Å²) in [6.45, 7) is 3.80. The first kappa shape index (κ1) is 24.9. The second-order valence-electron chi connectivity index (χ2n) is 8.07. The highest BCUT2D eigenvalue weighted by Crippen LogP contribution is 2.27. The lowest BCUT2D eigenvalue weighted by molar-refractivity contribution is 0.248. The van der Waals surface area contributed by atoms with E-state index in [0.717, 1.165) is 49.3 Å². The SMILES string of the molecule is CSCCCN(CCCNC(=O)Nc1ccccc1-c1ccccc1)CCc1ccccc1. The highest BCUT2D eigenvalue weighted by molar-refractivity contribution is 7.98. The predicted molar refractivity (Wildman–Crippen MR) is 143 cm³/mol. The van der Waals surface area contributed by atoms with Crippen LogP contribution in [0.25, 0.3) is 11.1 Å². The molecule has 2 N–H and O–H groups in total. The molecule has 0 bridgehead atoms. The van der Waals surface area contributed by atoms with Gasteiger partial charge in [0.15, 0.2) is 0 Å². The molecule has 0 aliphatic carbocycles. The summed E-state index contributed by atoms with van der Waals surface area (Å²) in [5, 5.41) is 6.04. The van der Waals surface area contributed by atoms with Crippen molar-refractivity contribution in [1.29, 1.82) is 0 Å². The maximum atomic E-state index is 12.5. The van der Waals surface area contributed by atoms with Gasteiger partial charge in [0.25, 0.3) is 0 Å². The van der Waals surface area contributed by atoms with Crippen LogP contribution >= 0.6 is 11.8 Å². The zero-order valence-electron chi connectivity index (χ0n) is 19.5. The van der Waals surface area contributed by atoms with Gasteiger partial charge in [0.1, 0.15) is 0 Å². The summed E-state index contributed by atoms with van der Waals surface area (Å²) < 4.78 is 0. The van der Waals surface area contributed by atoms with Crippen molar-refractivity contribution in [3.05, 3.63) is 90.5 Å². The predicted octanol–water partition coefficient (Wildman–Crippen LogP) is 6.16. The molecular formula is C28H35N3OS. The van der Waals surface area contributed by atoms with Crippen molar-refractivity contribution in [2.45, 2.75) is 19.3 Å². The Kier molecular flexibility index (Phi) is 10.9. The van der Waals surface area contributed by atoms with Crippen molar-refractivity contribution in [2.24, 2.45) is 0 Å². The zero-order valence-corrected chi connectivity index (χ0v) is 20.3. The Morgan fingerprint density at radius 3 is 2.24 bits per heavy atom. The number of amides is 2. The number of carbonyl (C=O) groups is 1. The fourth-order valence-electron chi connectivity index (χ4n) is 3.83. The Bertz CT molecular complexity index is 950. The lowest BCUT2D eigenvalue weighted by Gasteiger charge is -2.22. The van der Waals surface area contributed by atoms with Crippen LogP contribution in [-0.2, 0) is 6.42 Å². The van der Waals surface area contributed by atoms with Gasteiger partial charge in [-0.2, -0.15) is 11.8 Å². The van der Waals surface area contributed by atoms with Crippen LogP contribution in [0.1, 0.15) is 18.4 Å². The standard InChI is InChI=1S/C28H35N3OS/c1-33-23-11-21-31(22-18-24-12-4-2-5-13-24)20-10-19-29-28(32)30-27-17-9-8-16-26(27)25-14-6-3-7-15-25/h2-9,12-17H,10-11,18-23H2,1H3,(H2,29,30,32). The molecule has 0 spiro atoms. The average Bonchev–Trinajstić information content (AvgIpc) is 2.86. The lowest BCUT2D eigenvalue weighted by atomic mass is 10.0.